The van der Waals surface area contributed by atoms with Gasteiger partial charge in [0.15, 0.2) is 5.78 Å². The number of fused-ring (bicyclic) bond motifs is 1. The Morgan fingerprint density at radius 2 is 1.73 bits per heavy atom. The van der Waals surface area contributed by atoms with Crippen molar-refractivity contribution in [1.29, 1.82) is 0 Å². The highest BCUT2D eigenvalue weighted by Crippen LogP contribution is 2.59. The van der Waals surface area contributed by atoms with Crippen LogP contribution < -0.4 is 0 Å². The van der Waals surface area contributed by atoms with Crippen molar-refractivity contribution in [2.24, 2.45) is 16.7 Å². The first-order chi connectivity index (χ1) is 17.1. The van der Waals surface area contributed by atoms with Gasteiger partial charge in [-0.3, -0.25) is 4.79 Å². The largest absolute Gasteiger partial charge is 0.455 e. The maximum Gasteiger partial charge on any atom is 0.338 e. The Morgan fingerprint density at radius 1 is 1.11 bits per heavy atom. The molecule has 0 bridgehead atoms. The molecular weight excluding hydrogens is 480 g/mol. The number of aliphatic hydroxyl groups excluding tert-OH is 3. The van der Waals surface area contributed by atoms with Crippen LogP contribution in [-0.2, 0) is 14.3 Å². The summed E-state index contributed by atoms with van der Waals surface area (Å²) in [6.45, 7) is 7.64. The quantitative estimate of drug-likeness (QED) is 0.276. The van der Waals surface area contributed by atoms with Crippen LogP contribution in [0.3, 0.4) is 0 Å². The summed E-state index contributed by atoms with van der Waals surface area (Å²) in [6, 6.07) is 8.10. The summed E-state index contributed by atoms with van der Waals surface area (Å²) in [7, 11) is 0. The molecule has 2 fully saturated rings. The lowest BCUT2D eigenvalue weighted by atomic mass is 9.48. The number of hydrogen-bond acceptors (Lipinski definition) is 9. The normalized spacial score (nSPS) is 40.4. The molecule has 5 N–H and O–H groups in total. The molecule has 9 nitrogen and oxygen atoms in total. The van der Waals surface area contributed by atoms with Crippen LogP contribution in [0, 0.1) is 16.7 Å². The molecule has 9 heteroatoms. The lowest BCUT2D eigenvalue weighted by molar-refractivity contribution is -0.341. The van der Waals surface area contributed by atoms with Gasteiger partial charge in [0.2, 0.25) is 0 Å². The summed E-state index contributed by atoms with van der Waals surface area (Å²) in [4.78, 5) is 27.0. The molecule has 0 amide bonds. The molecule has 3 aliphatic rings. The Labute approximate surface area is 216 Å². The van der Waals surface area contributed by atoms with E-state index in [0.717, 1.165) is 0 Å². The monoisotopic (exact) mass is 518 g/mol. The zero-order valence-corrected chi connectivity index (χ0v) is 21.9. The van der Waals surface area contributed by atoms with E-state index in [9.17, 15) is 35.1 Å². The van der Waals surface area contributed by atoms with Crippen LogP contribution in [0.25, 0.3) is 0 Å². The summed E-state index contributed by atoms with van der Waals surface area (Å²) in [5.74, 6) is -2.93. The van der Waals surface area contributed by atoms with Crippen molar-refractivity contribution in [2.75, 3.05) is 6.61 Å². The zero-order valence-electron chi connectivity index (χ0n) is 21.9. The number of benzene rings is 1. The molecule has 9 atom stereocenters. The molecular formula is C28H38O9. The molecule has 4 rings (SSSR count). The van der Waals surface area contributed by atoms with E-state index in [1.807, 2.05) is 0 Å². The number of carbonyl (C=O) groups is 2. The van der Waals surface area contributed by atoms with Gasteiger partial charge < -0.3 is 35.0 Å². The Hall–Kier alpha value is -2.14. The van der Waals surface area contributed by atoms with Gasteiger partial charge in [-0.25, -0.2) is 4.79 Å². The number of rotatable bonds is 6. The van der Waals surface area contributed by atoms with Gasteiger partial charge in [0.05, 0.1) is 35.9 Å². The lowest BCUT2D eigenvalue weighted by Gasteiger charge is -2.64. The minimum atomic E-state index is -1.98. The van der Waals surface area contributed by atoms with Crippen LogP contribution in [0.2, 0.25) is 0 Å². The number of esters is 1. The van der Waals surface area contributed by atoms with Crippen molar-refractivity contribution in [1.82, 2.24) is 0 Å². The van der Waals surface area contributed by atoms with Gasteiger partial charge >= 0.3 is 5.97 Å². The fourth-order valence-corrected chi connectivity index (χ4v) is 6.64. The molecule has 1 aromatic carbocycles. The van der Waals surface area contributed by atoms with E-state index in [-0.39, 0.29) is 25.0 Å². The van der Waals surface area contributed by atoms with Crippen molar-refractivity contribution in [3.8, 4) is 0 Å². The van der Waals surface area contributed by atoms with E-state index in [1.54, 1.807) is 45.0 Å². The smallest absolute Gasteiger partial charge is 0.338 e. The highest BCUT2D eigenvalue weighted by molar-refractivity contribution is 5.91. The van der Waals surface area contributed by atoms with Crippen LogP contribution >= 0.6 is 0 Å². The first kappa shape index (κ1) is 27.9. The van der Waals surface area contributed by atoms with Crippen molar-refractivity contribution >= 4 is 11.8 Å². The van der Waals surface area contributed by atoms with Crippen molar-refractivity contribution < 1.29 is 44.6 Å². The Bertz CT molecular complexity index is 1080. The molecule has 0 spiro atoms. The number of ether oxygens (including phenoxy) is 2. The topological polar surface area (TPSA) is 154 Å². The van der Waals surface area contributed by atoms with Gasteiger partial charge in [-0.15, -0.1) is 0 Å². The summed E-state index contributed by atoms with van der Waals surface area (Å²) in [5, 5.41) is 56.7. The zero-order chi connectivity index (χ0) is 27.6. The van der Waals surface area contributed by atoms with Crippen LogP contribution in [0.5, 0.6) is 0 Å². The molecule has 1 heterocycles. The summed E-state index contributed by atoms with van der Waals surface area (Å²) < 4.78 is 11.6. The van der Waals surface area contributed by atoms with Crippen LogP contribution in [-0.4, -0.2) is 85.6 Å². The standard InChI is InChI=1S/C28H38O9/c1-15-12-25(3,4)28(35,13-18(15)30)23(37-24(33)17-9-7-6-8-10-17)21-26(5,22(32)16(2)29)19(31)11-20-27(21,34)14-36-20/h6-10,12,16,18-21,23,29-31,34-35H,11,13-14H2,1-5H3/t16?,18?,19?,20?,21?,23?,26-,27+,28?/m1/s1. The number of carbonyl (C=O) groups excluding carboxylic acids is 2. The highest BCUT2D eigenvalue weighted by Gasteiger charge is 2.73. The maximum absolute atomic E-state index is 13.5. The molecule has 0 aromatic heterocycles. The van der Waals surface area contributed by atoms with E-state index < -0.39 is 70.2 Å². The fraction of sp³-hybridized carbons (Fsp3) is 0.643. The first-order valence-corrected chi connectivity index (χ1v) is 12.7. The summed E-state index contributed by atoms with van der Waals surface area (Å²) in [5.41, 5.74) is -5.84. The third-order valence-corrected chi connectivity index (χ3v) is 9.05. The average Bonchev–Trinajstić information content (AvgIpc) is 2.83. The Morgan fingerprint density at radius 3 is 2.27 bits per heavy atom. The first-order valence-electron chi connectivity index (χ1n) is 12.7. The highest BCUT2D eigenvalue weighted by atomic mass is 16.6. The van der Waals surface area contributed by atoms with Gasteiger partial charge in [0.1, 0.15) is 23.4 Å². The Kier molecular flexibility index (Phi) is 6.97. The van der Waals surface area contributed by atoms with E-state index >= 15 is 0 Å². The molecule has 2 aliphatic carbocycles. The van der Waals surface area contributed by atoms with Crippen molar-refractivity contribution in [3.05, 3.63) is 47.5 Å². The molecule has 1 saturated carbocycles. The Balaban J connectivity index is 1.94. The molecule has 204 valence electrons. The number of Topliss-reactive ketones (excluding diaryl/α,β-unsaturated/α-hetero) is 1. The number of hydrogen-bond donors (Lipinski definition) is 5. The summed E-state index contributed by atoms with van der Waals surface area (Å²) >= 11 is 0. The SMILES string of the molecule is CC1=CC(C)(C)C(O)(C(OC(=O)c2ccccc2)C2[C@]3(O)COC3CC(O)[C@@]2(C)C(=O)C(C)O)CC1O. The molecule has 1 aliphatic heterocycles. The predicted molar refractivity (Wildman–Crippen MR) is 132 cm³/mol. The maximum atomic E-state index is 13.5. The molecule has 1 aromatic rings. The molecule has 7 unspecified atom stereocenters. The van der Waals surface area contributed by atoms with Gasteiger partial charge in [-0.1, -0.05) is 38.1 Å². The minimum Gasteiger partial charge on any atom is -0.455 e. The lowest BCUT2D eigenvalue weighted by Crippen LogP contribution is -2.79. The van der Waals surface area contributed by atoms with Crippen molar-refractivity contribution in [3.63, 3.8) is 0 Å². The van der Waals surface area contributed by atoms with E-state index in [1.165, 1.54) is 26.0 Å². The van der Waals surface area contributed by atoms with Crippen molar-refractivity contribution in [2.45, 2.75) is 89.2 Å². The van der Waals surface area contributed by atoms with Gasteiger partial charge in [-0.05, 0) is 38.5 Å². The van der Waals surface area contributed by atoms with Crippen LogP contribution in [0.1, 0.15) is 57.8 Å². The van der Waals surface area contributed by atoms with E-state index in [0.29, 0.717) is 5.57 Å². The third kappa shape index (κ3) is 4.16. The van der Waals surface area contributed by atoms with Crippen LogP contribution in [0.4, 0.5) is 0 Å². The second-order valence-corrected chi connectivity index (χ2v) is 11.8. The van der Waals surface area contributed by atoms with E-state index in [2.05, 4.69) is 0 Å². The van der Waals surface area contributed by atoms with Gasteiger partial charge in [0, 0.05) is 24.2 Å². The molecule has 1 saturated heterocycles. The van der Waals surface area contributed by atoms with E-state index in [4.69, 9.17) is 9.47 Å². The molecule has 37 heavy (non-hydrogen) atoms. The number of aliphatic hydroxyl groups is 5. The number of ketones is 1. The summed E-state index contributed by atoms with van der Waals surface area (Å²) in [6.07, 6.45) is -5.04. The fourth-order valence-electron chi connectivity index (χ4n) is 6.64. The van der Waals surface area contributed by atoms with Crippen LogP contribution in [0.15, 0.2) is 42.0 Å². The van der Waals surface area contributed by atoms with Gasteiger partial charge in [0.25, 0.3) is 0 Å². The van der Waals surface area contributed by atoms with Gasteiger partial charge in [-0.2, -0.15) is 0 Å². The second kappa shape index (κ2) is 9.25. The average molecular weight is 519 g/mol. The predicted octanol–water partition coefficient (Wildman–Crippen LogP) is 1.15. The third-order valence-electron chi connectivity index (χ3n) is 9.05. The molecule has 0 radical (unpaired) electrons. The second-order valence-electron chi connectivity index (χ2n) is 11.8. The minimum absolute atomic E-state index is 0.0786.